The predicted molar refractivity (Wildman–Crippen MR) is 87.1 cm³/mol. The van der Waals surface area contributed by atoms with E-state index < -0.39 is 10.0 Å². The quantitative estimate of drug-likeness (QED) is 0.797. The Bertz CT molecular complexity index is 584. The first-order chi connectivity index (χ1) is 10.5. The number of hydrogen-bond donors (Lipinski definition) is 1. The molecule has 1 amide bonds. The fourth-order valence-electron chi connectivity index (χ4n) is 2.57. The van der Waals surface area contributed by atoms with Crippen LogP contribution in [0.3, 0.4) is 0 Å². The molecule has 0 radical (unpaired) electrons. The smallest absolute Gasteiger partial charge is 0.234 e. The Morgan fingerprint density at radius 1 is 1.23 bits per heavy atom. The van der Waals surface area contributed by atoms with E-state index in [1.54, 1.807) is 4.31 Å². The van der Waals surface area contributed by atoms with Crippen molar-refractivity contribution in [2.24, 2.45) is 5.92 Å². The molecule has 22 heavy (non-hydrogen) atoms. The van der Waals surface area contributed by atoms with E-state index in [9.17, 15) is 13.2 Å². The van der Waals surface area contributed by atoms with E-state index in [1.165, 1.54) is 0 Å². The molecule has 1 fully saturated rings. The second kappa shape index (κ2) is 7.94. The Hall–Kier alpha value is -1.11. The lowest BCUT2D eigenvalue weighted by Crippen LogP contribution is -2.42. The molecule has 5 nitrogen and oxygen atoms in total. The van der Waals surface area contributed by atoms with E-state index >= 15 is 0 Å². The molecule has 0 spiro atoms. The normalized spacial score (nSPS) is 17.3. The van der Waals surface area contributed by atoms with Gasteiger partial charge < -0.3 is 5.32 Å². The Kier molecular flexibility index (Phi) is 6.23. The summed E-state index contributed by atoms with van der Waals surface area (Å²) in [7, 11) is -3.27. The lowest BCUT2D eigenvalue weighted by atomic mass is 9.98. The number of carbonyl (C=O) groups excluding carboxylic acids is 1. The highest BCUT2D eigenvalue weighted by atomic mass is 35.5. The number of sulfonamides is 1. The van der Waals surface area contributed by atoms with Crippen LogP contribution >= 0.6 is 11.6 Å². The predicted octanol–water partition coefficient (Wildman–Crippen LogP) is 1.58. The summed E-state index contributed by atoms with van der Waals surface area (Å²) in [5.74, 6) is 0.141. The van der Waals surface area contributed by atoms with Crippen molar-refractivity contribution in [2.75, 3.05) is 25.5 Å². The third-order valence-corrected chi connectivity index (χ3v) is 5.96. The first kappa shape index (κ1) is 17.2. The number of nitrogens with one attached hydrogen (secondary N) is 1. The molecule has 2 rings (SSSR count). The van der Waals surface area contributed by atoms with Crippen LogP contribution in [0.1, 0.15) is 18.4 Å². The molecule has 0 aliphatic carbocycles. The number of carbonyl (C=O) groups is 1. The van der Waals surface area contributed by atoms with E-state index in [-0.39, 0.29) is 17.5 Å². The molecule has 1 aromatic rings. The highest BCUT2D eigenvalue weighted by molar-refractivity contribution is 7.88. The van der Waals surface area contributed by atoms with Gasteiger partial charge in [-0.2, -0.15) is 0 Å². The van der Waals surface area contributed by atoms with Gasteiger partial charge >= 0.3 is 0 Å². The van der Waals surface area contributed by atoms with Gasteiger partial charge in [0.1, 0.15) is 5.88 Å². The van der Waals surface area contributed by atoms with Crippen LogP contribution in [-0.4, -0.2) is 44.1 Å². The fraction of sp³-hybridized carbons (Fsp3) is 0.533. The molecule has 1 saturated heterocycles. The molecule has 1 aliphatic rings. The highest BCUT2D eigenvalue weighted by Crippen LogP contribution is 2.21. The minimum Gasteiger partial charge on any atom is -0.355 e. The second-order valence-electron chi connectivity index (χ2n) is 5.52. The van der Waals surface area contributed by atoms with Gasteiger partial charge in [-0.05, 0) is 24.3 Å². The molecule has 0 unspecified atom stereocenters. The number of alkyl halides is 1. The Balaban J connectivity index is 1.84. The molecule has 1 aromatic carbocycles. The number of piperidine rings is 1. The zero-order valence-electron chi connectivity index (χ0n) is 12.4. The number of amides is 1. The Labute approximate surface area is 136 Å². The van der Waals surface area contributed by atoms with Gasteiger partial charge in [0.2, 0.25) is 15.9 Å². The topological polar surface area (TPSA) is 66.5 Å². The average molecular weight is 345 g/mol. The van der Waals surface area contributed by atoms with Gasteiger partial charge in [0, 0.05) is 19.6 Å². The molecule has 1 N–H and O–H groups in total. The standard InChI is InChI=1S/C15H21ClN2O3S/c16-10-15(19)17-11-13-6-8-18(9-7-13)22(20,21)12-14-4-2-1-3-5-14/h1-5,13H,6-12H2,(H,17,19). The number of rotatable bonds is 6. The minimum atomic E-state index is -3.27. The maximum absolute atomic E-state index is 12.4. The minimum absolute atomic E-state index is 0.0374. The number of benzene rings is 1. The third-order valence-electron chi connectivity index (χ3n) is 3.87. The summed E-state index contributed by atoms with van der Waals surface area (Å²) in [6.07, 6.45) is 1.52. The van der Waals surface area contributed by atoms with Crippen molar-refractivity contribution < 1.29 is 13.2 Å². The Morgan fingerprint density at radius 3 is 2.45 bits per heavy atom. The second-order valence-corrected chi connectivity index (χ2v) is 7.76. The van der Waals surface area contributed by atoms with Crippen molar-refractivity contribution in [1.29, 1.82) is 0 Å². The van der Waals surface area contributed by atoms with Crippen LogP contribution in [0.25, 0.3) is 0 Å². The van der Waals surface area contributed by atoms with Gasteiger partial charge in [0.15, 0.2) is 0 Å². The van der Waals surface area contributed by atoms with E-state index in [0.717, 1.165) is 18.4 Å². The summed E-state index contributed by atoms with van der Waals surface area (Å²) in [6, 6.07) is 9.21. The van der Waals surface area contributed by atoms with Crippen molar-refractivity contribution in [3.8, 4) is 0 Å². The molecule has 0 bridgehead atoms. The molecule has 1 aliphatic heterocycles. The highest BCUT2D eigenvalue weighted by Gasteiger charge is 2.28. The van der Waals surface area contributed by atoms with Crippen molar-refractivity contribution in [3.05, 3.63) is 35.9 Å². The molecule has 1 heterocycles. The van der Waals surface area contributed by atoms with Gasteiger partial charge in [-0.1, -0.05) is 30.3 Å². The SMILES string of the molecule is O=C(CCl)NCC1CCN(S(=O)(=O)Cc2ccccc2)CC1. The molecule has 7 heteroatoms. The summed E-state index contributed by atoms with van der Waals surface area (Å²) in [5.41, 5.74) is 0.805. The van der Waals surface area contributed by atoms with Crippen LogP contribution in [-0.2, 0) is 20.6 Å². The van der Waals surface area contributed by atoms with Gasteiger partial charge in [-0.3, -0.25) is 4.79 Å². The zero-order chi connectivity index (χ0) is 16.0. The molecular weight excluding hydrogens is 324 g/mol. The summed E-state index contributed by atoms with van der Waals surface area (Å²) < 4.78 is 26.4. The van der Waals surface area contributed by atoms with Gasteiger partial charge in [-0.15, -0.1) is 11.6 Å². The summed E-state index contributed by atoms with van der Waals surface area (Å²) >= 11 is 5.43. The van der Waals surface area contributed by atoms with Crippen LogP contribution in [0.2, 0.25) is 0 Å². The lowest BCUT2D eigenvalue weighted by Gasteiger charge is -2.31. The maximum atomic E-state index is 12.4. The zero-order valence-corrected chi connectivity index (χ0v) is 13.9. The van der Waals surface area contributed by atoms with Gasteiger partial charge in [-0.25, -0.2) is 12.7 Å². The molecule has 0 aromatic heterocycles. The monoisotopic (exact) mass is 344 g/mol. The first-order valence-corrected chi connectivity index (χ1v) is 9.50. The van der Waals surface area contributed by atoms with Gasteiger partial charge in [0.05, 0.1) is 5.75 Å². The van der Waals surface area contributed by atoms with Crippen LogP contribution in [0, 0.1) is 5.92 Å². The fourth-order valence-corrected chi connectivity index (χ4v) is 4.23. The average Bonchev–Trinajstić information content (AvgIpc) is 2.53. The van der Waals surface area contributed by atoms with E-state index in [1.807, 2.05) is 30.3 Å². The van der Waals surface area contributed by atoms with E-state index in [2.05, 4.69) is 5.32 Å². The first-order valence-electron chi connectivity index (χ1n) is 7.35. The molecule has 0 saturated carbocycles. The third kappa shape index (κ3) is 4.97. The summed E-state index contributed by atoms with van der Waals surface area (Å²) in [5, 5.41) is 2.76. The number of hydrogen-bond acceptors (Lipinski definition) is 3. The number of halogens is 1. The van der Waals surface area contributed by atoms with Crippen LogP contribution in [0.4, 0.5) is 0 Å². The molecular formula is C15H21ClN2O3S. The largest absolute Gasteiger partial charge is 0.355 e. The number of nitrogens with zero attached hydrogens (tertiary/aromatic N) is 1. The molecule has 122 valence electrons. The van der Waals surface area contributed by atoms with Crippen molar-refractivity contribution in [3.63, 3.8) is 0 Å². The van der Waals surface area contributed by atoms with Crippen molar-refractivity contribution >= 4 is 27.5 Å². The summed E-state index contributed by atoms with van der Waals surface area (Å²) in [6.45, 7) is 1.59. The van der Waals surface area contributed by atoms with Crippen LogP contribution in [0.5, 0.6) is 0 Å². The van der Waals surface area contributed by atoms with Crippen molar-refractivity contribution in [2.45, 2.75) is 18.6 Å². The van der Waals surface area contributed by atoms with Crippen molar-refractivity contribution in [1.82, 2.24) is 9.62 Å². The maximum Gasteiger partial charge on any atom is 0.234 e. The van der Waals surface area contributed by atoms with E-state index in [0.29, 0.717) is 25.6 Å². The molecule has 0 atom stereocenters. The van der Waals surface area contributed by atoms with E-state index in [4.69, 9.17) is 11.6 Å². The lowest BCUT2D eigenvalue weighted by molar-refractivity contribution is -0.118. The van der Waals surface area contributed by atoms with Crippen LogP contribution in [0.15, 0.2) is 30.3 Å². The Morgan fingerprint density at radius 2 is 1.86 bits per heavy atom. The summed E-state index contributed by atoms with van der Waals surface area (Å²) in [4.78, 5) is 11.1. The van der Waals surface area contributed by atoms with Crippen LogP contribution < -0.4 is 5.32 Å². The van der Waals surface area contributed by atoms with Gasteiger partial charge in [0.25, 0.3) is 0 Å².